The number of rotatable bonds is 4. The Morgan fingerprint density at radius 3 is 2.84 bits per heavy atom. The van der Waals surface area contributed by atoms with Crippen LogP contribution in [0.1, 0.15) is 20.3 Å². The predicted molar refractivity (Wildman–Crippen MR) is 70.1 cm³/mol. The number of carbonyl (C=O) groups excluding carboxylic acids is 1. The topological polar surface area (TPSA) is 94.2 Å². The van der Waals surface area contributed by atoms with Crippen LogP contribution in [0.2, 0.25) is 5.28 Å². The SMILES string of the molecule is CCOc1nc(Cl)nc(N2CCC(C)(C(N)=O)C2)n1. The summed E-state index contributed by atoms with van der Waals surface area (Å²) in [5, 5.41) is 0.0705. The lowest BCUT2D eigenvalue weighted by Gasteiger charge is -2.21. The average molecular weight is 286 g/mol. The van der Waals surface area contributed by atoms with Crippen molar-refractivity contribution in [3.63, 3.8) is 0 Å². The lowest BCUT2D eigenvalue weighted by Crippen LogP contribution is -2.37. The molecule has 1 aromatic rings. The zero-order chi connectivity index (χ0) is 14.0. The molecule has 0 aromatic carbocycles. The summed E-state index contributed by atoms with van der Waals surface area (Å²) in [4.78, 5) is 25.4. The molecule has 0 radical (unpaired) electrons. The van der Waals surface area contributed by atoms with Gasteiger partial charge in [-0.15, -0.1) is 0 Å². The summed E-state index contributed by atoms with van der Waals surface area (Å²) in [5.41, 5.74) is 4.85. The molecule has 1 unspecified atom stereocenters. The number of amides is 1. The number of aromatic nitrogens is 3. The molecule has 1 aliphatic rings. The summed E-state index contributed by atoms with van der Waals surface area (Å²) in [6.07, 6.45) is 0.662. The second-order valence-electron chi connectivity index (χ2n) is 4.72. The number of anilines is 1. The largest absolute Gasteiger partial charge is 0.464 e. The van der Waals surface area contributed by atoms with E-state index in [1.807, 2.05) is 18.7 Å². The molecular weight excluding hydrogens is 270 g/mol. The van der Waals surface area contributed by atoms with Crippen LogP contribution in [0.5, 0.6) is 6.01 Å². The maximum absolute atomic E-state index is 11.4. The van der Waals surface area contributed by atoms with Gasteiger partial charge in [0.15, 0.2) is 0 Å². The molecule has 2 heterocycles. The Morgan fingerprint density at radius 2 is 2.26 bits per heavy atom. The van der Waals surface area contributed by atoms with Crippen LogP contribution in [0.3, 0.4) is 0 Å². The molecule has 2 rings (SSSR count). The summed E-state index contributed by atoms with van der Waals surface area (Å²) < 4.78 is 5.22. The van der Waals surface area contributed by atoms with Crippen molar-refractivity contribution >= 4 is 23.5 Å². The number of halogens is 1. The maximum Gasteiger partial charge on any atom is 0.322 e. The highest BCUT2D eigenvalue weighted by molar-refractivity contribution is 6.28. The van der Waals surface area contributed by atoms with Crippen molar-refractivity contribution in [2.24, 2.45) is 11.1 Å². The zero-order valence-electron chi connectivity index (χ0n) is 10.9. The minimum absolute atomic E-state index is 0.0705. The molecule has 1 aliphatic heterocycles. The standard InChI is InChI=1S/C11H16ClN5O2/c1-3-19-10-15-8(12)14-9(16-10)17-5-4-11(2,6-17)7(13)18/h3-6H2,1-2H3,(H2,13,18). The van der Waals surface area contributed by atoms with Gasteiger partial charge in [-0.1, -0.05) is 0 Å². The van der Waals surface area contributed by atoms with Gasteiger partial charge in [-0.25, -0.2) is 0 Å². The molecule has 7 nitrogen and oxygen atoms in total. The first-order chi connectivity index (χ1) is 8.94. The lowest BCUT2D eigenvalue weighted by molar-refractivity contribution is -0.125. The van der Waals surface area contributed by atoms with Crippen molar-refractivity contribution in [1.82, 2.24) is 15.0 Å². The molecule has 0 saturated carbocycles. The number of carbonyl (C=O) groups is 1. The van der Waals surface area contributed by atoms with Crippen LogP contribution >= 0.6 is 11.6 Å². The molecule has 0 aliphatic carbocycles. The summed E-state index contributed by atoms with van der Waals surface area (Å²) in [6.45, 7) is 5.22. The highest BCUT2D eigenvalue weighted by atomic mass is 35.5. The Bertz CT molecular complexity index is 498. The van der Waals surface area contributed by atoms with E-state index in [0.717, 1.165) is 0 Å². The summed E-state index contributed by atoms with van der Waals surface area (Å²) in [7, 11) is 0. The van der Waals surface area contributed by atoms with Crippen LogP contribution in [-0.4, -0.2) is 40.6 Å². The van der Waals surface area contributed by atoms with Crippen molar-refractivity contribution in [2.75, 3.05) is 24.6 Å². The minimum atomic E-state index is -0.565. The van der Waals surface area contributed by atoms with E-state index >= 15 is 0 Å². The number of hydrogen-bond acceptors (Lipinski definition) is 6. The van der Waals surface area contributed by atoms with Crippen LogP contribution in [-0.2, 0) is 4.79 Å². The predicted octanol–water partition coefficient (Wildman–Crippen LogP) is 0.625. The lowest BCUT2D eigenvalue weighted by atomic mass is 9.89. The molecule has 1 amide bonds. The van der Waals surface area contributed by atoms with Crippen molar-refractivity contribution in [3.8, 4) is 6.01 Å². The van der Waals surface area contributed by atoms with E-state index in [1.165, 1.54) is 0 Å². The van der Waals surface area contributed by atoms with Gasteiger partial charge in [0.1, 0.15) is 0 Å². The molecule has 0 bridgehead atoms. The van der Waals surface area contributed by atoms with Gasteiger partial charge in [-0.05, 0) is 31.9 Å². The molecule has 2 N–H and O–H groups in total. The second kappa shape index (κ2) is 5.16. The molecule has 0 spiro atoms. The van der Waals surface area contributed by atoms with Crippen molar-refractivity contribution < 1.29 is 9.53 Å². The fourth-order valence-electron chi connectivity index (χ4n) is 1.99. The first-order valence-corrected chi connectivity index (χ1v) is 6.41. The monoisotopic (exact) mass is 285 g/mol. The molecule has 1 saturated heterocycles. The van der Waals surface area contributed by atoms with Crippen LogP contribution in [0, 0.1) is 5.41 Å². The number of nitrogens with two attached hydrogens (primary N) is 1. The van der Waals surface area contributed by atoms with Gasteiger partial charge in [0.25, 0.3) is 0 Å². The van der Waals surface area contributed by atoms with E-state index in [0.29, 0.717) is 32.1 Å². The molecule has 1 fully saturated rings. The number of primary amides is 1. The number of nitrogens with zero attached hydrogens (tertiary/aromatic N) is 4. The van der Waals surface area contributed by atoms with Gasteiger partial charge >= 0.3 is 6.01 Å². The third-order valence-electron chi connectivity index (χ3n) is 3.20. The van der Waals surface area contributed by atoms with E-state index in [2.05, 4.69) is 15.0 Å². The Morgan fingerprint density at radius 1 is 1.53 bits per heavy atom. The Balaban J connectivity index is 2.21. The fourth-order valence-corrected chi connectivity index (χ4v) is 2.14. The molecule has 104 valence electrons. The van der Waals surface area contributed by atoms with E-state index < -0.39 is 5.41 Å². The summed E-state index contributed by atoms with van der Waals surface area (Å²) >= 11 is 5.84. The minimum Gasteiger partial charge on any atom is -0.464 e. The van der Waals surface area contributed by atoms with Gasteiger partial charge < -0.3 is 15.4 Å². The smallest absolute Gasteiger partial charge is 0.322 e. The van der Waals surface area contributed by atoms with Gasteiger partial charge in [0, 0.05) is 13.1 Å². The highest BCUT2D eigenvalue weighted by Crippen LogP contribution is 2.32. The number of ether oxygens (including phenoxy) is 1. The third kappa shape index (κ3) is 2.86. The first kappa shape index (κ1) is 13.8. The Hall–Kier alpha value is -1.63. The first-order valence-electron chi connectivity index (χ1n) is 6.04. The zero-order valence-corrected chi connectivity index (χ0v) is 11.6. The van der Waals surface area contributed by atoms with Crippen LogP contribution in [0.25, 0.3) is 0 Å². The molecule has 19 heavy (non-hydrogen) atoms. The molecule has 1 aromatic heterocycles. The second-order valence-corrected chi connectivity index (χ2v) is 5.05. The van der Waals surface area contributed by atoms with Crippen LogP contribution in [0.15, 0.2) is 0 Å². The normalized spacial score (nSPS) is 22.6. The van der Waals surface area contributed by atoms with Crippen LogP contribution in [0.4, 0.5) is 5.95 Å². The van der Waals surface area contributed by atoms with Crippen molar-refractivity contribution in [1.29, 1.82) is 0 Å². The molecular formula is C11H16ClN5O2. The van der Waals surface area contributed by atoms with Crippen molar-refractivity contribution in [2.45, 2.75) is 20.3 Å². The van der Waals surface area contributed by atoms with Crippen LogP contribution < -0.4 is 15.4 Å². The van der Waals surface area contributed by atoms with Gasteiger partial charge in [-0.2, -0.15) is 15.0 Å². The van der Waals surface area contributed by atoms with E-state index in [9.17, 15) is 4.79 Å². The van der Waals surface area contributed by atoms with Gasteiger partial charge in [0.05, 0.1) is 12.0 Å². The van der Waals surface area contributed by atoms with E-state index in [-0.39, 0.29) is 17.2 Å². The summed E-state index contributed by atoms with van der Waals surface area (Å²) in [6, 6.07) is 0.185. The average Bonchev–Trinajstić information content (AvgIpc) is 2.73. The van der Waals surface area contributed by atoms with Gasteiger partial charge in [0.2, 0.25) is 17.1 Å². The Kier molecular flexibility index (Phi) is 3.75. The van der Waals surface area contributed by atoms with E-state index in [1.54, 1.807) is 0 Å². The molecule has 1 atom stereocenters. The quantitative estimate of drug-likeness (QED) is 0.872. The highest BCUT2D eigenvalue weighted by Gasteiger charge is 2.40. The maximum atomic E-state index is 11.4. The van der Waals surface area contributed by atoms with E-state index in [4.69, 9.17) is 22.1 Å². The fraction of sp³-hybridized carbons (Fsp3) is 0.636. The number of hydrogen-bond donors (Lipinski definition) is 1. The van der Waals surface area contributed by atoms with Gasteiger partial charge in [-0.3, -0.25) is 4.79 Å². The van der Waals surface area contributed by atoms with Crippen molar-refractivity contribution in [3.05, 3.63) is 5.28 Å². The third-order valence-corrected chi connectivity index (χ3v) is 3.37. The molecule has 8 heteroatoms. The Labute approximate surface area is 116 Å². The summed E-state index contributed by atoms with van der Waals surface area (Å²) in [5.74, 6) is 0.0913.